The Morgan fingerprint density at radius 2 is 2.00 bits per heavy atom. The Balaban J connectivity index is 1.78. The molecule has 2 aromatic rings. The lowest BCUT2D eigenvalue weighted by Crippen LogP contribution is -2.45. The average Bonchev–Trinajstić information content (AvgIpc) is 2.66. The lowest BCUT2D eigenvalue weighted by molar-refractivity contribution is -0.185. The number of halogens is 1. The molecular weight excluding hydrogens is 412 g/mol. The van der Waals surface area contributed by atoms with E-state index >= 15 is 0 Å². The van der Waals surface area contributed by atoms with Crippen molar-refractivity contribution < 1.29 is 24.1 Å². The highest BCUT2D eigenvalue weighted by Crippen LogP contribution is 2.39. The van der Waals surface area contributed by atoms with Gasteiger partial charge < -0.3 is 19.3 Å². The van der Waals surface area contributed by atoms with Gasteiger partial charge in [-0.2, -0.15) is 0 Å². The topological polar surface area (TPSA) is 65.0 Å². The predicted molar refractivity (Wildman–Crippen MR) is 104 cm³/mol. The fourth-order valence-electron chi connectivity index (χ4n) is 3.32. The highest BCUT2D eigenvalue weighted by molar-refractivity contribution is 9.10. The minimum absolute atomic E-state index is 0.0391. The maximum atomic E-state index is 11.9. The Morgan fingerprint density at radius 1 is 1.26 bits per heavy atom. The highest BCUT2D eigenvalue weighted by atomic mass is 79.9. The fraction of sp³-hybridized carbons (Fsp3) is 0.381. The number of methoxy groups -OCH3 is 1. The zero-order chi connectivity index (χ0) is 19.4. The molecule has 1 heterocycles. The van der Waals surface area contributed by atoms with Crippen LogP contribution in [0.2, 0.25) is 0 Å². The van der Waals surface area contributed by atoms with Crippen molar-refractivity contribution in [3.8, 4) is 5.75 Å². The Labute approximate surface area is 167 Å². The standard InChI is InChI=1S/C21H23BrO5/c1-13-8-18(23)20(21(24)25-2)27-19(13)15-9-16(22)11-17(10-15)26-12-14-6-4-3-5-7-14/h3-7,9-11,13,18-20,23H,8,12H2,1-2H3/t13-,18-,19-,20-/m0/s1. The Bertz CT molecular complexity index is 779. The Hall–Kier alpha value is -1.89. The van der Waals surface area contributed by atoms with Crippen molar-refractivity contribution >= 4 is 21.9 Å². The number of ether oxygens (including phenoxy) is 3. The smallest absolute Gasteiger partial charge is 0.337 e. The first-order valence-corrected chi connectivity index (χ1v) is 9.66. The first-order valence-electron chi connectivity index (χ1n) is 8.86. The summed E-state index contributed by atoms with van der Waals surface area (Å²) in [6.45, 7) is 2.45. The van der Waals surface area contributed by atoms with Crippen molar-refractivity contribution in [2.45, 2.75) is 38.3 Å². The quantitative estimate of drug-likeness (QED) is 0.719. The molecule has 1 aliphatic heterocycles. The zero-order valence-electron chi connectivity index (χ0n) is 15.3. The largest absolute Gasteiger partial charge is 0.489 e. The van der Waals surface area contributed by atoms with Gasteiger partial charge in [0.15, 0.2) is 6.10 Å². The molecule has 1 fully saturated rings. The maximum absolute atomic E-state index is 11.9. The third-order valence-electron chi connectivity index (χ3n) is 4.68. The first-order chi connectivity index (χ1) is 13.0. The molecule has 0 bridgehead atoms. The number of aliphatic hydroxyl groups is 1. The highest BCUT2D eigenvalue weighted by Gasteiger charge is 2.40. The van der Waals surface area contributed by atoms with E-state index in [9.17, 15) is 9.90 Å². The lowest BCUT2D eigenvalue weighted by Gasteiger charge is -2.37. The molecule has 144 valence electrons. The molecule has 0 aromatic heterocycles. The molecule has 0 amide bonds. The molecule has 0 radical (unpaired) electrons. The molecule has 1 saturated heterocycles. The van der Waals surface area contributed by atoms with Gasteiger partial charge in [0.2, 0.25) is 0 Å². The molecule has 0 unspecified atom stereocenters. The molecular formula is C21H23BrO5. The number of hydrogen-bond donors (Lipinski definition) is 1. The molecule has 5 nitrogen and oxygen atoms in total. The third kappa shape index (κ3) is 4.89. The van der Waals surface area contributed by atoms with Gasteiger partial charge in [0, 0.05) is 4.47 Å². The van der Waals surface area contributed by atoms with E-state index in [1.54, 1.807) is 0 Å². The second kappa shape index (κ2) is 8.87. The van der Waals surface area contributed by atoms with E-state index in [0.717, 1.165) is 15.6 Å². The fourth-order valence-corrected chi connectivity index (χ4v) is 3.81. The van der Waals surface area contributed by atoms with Gasteiger partial charge in [-0.3, -0.25) is 0 Å². The van der Waals surface area contributed by atoms with E-state index in [1.165, 1.54) is 7.11 Å². The van der Waals surface area contributed by atoms with Crippen LogP contribution in [0.25, 0.3) is 0 Å². The molecule has 0 aliphatic carbocycles. The zero-order valence-corrected chi connectivity index (χ0v) is 16.9. The SMILES string of the molecule is COC(=O)[C@H]1O[C@H](c2cc(Br)cc(OCc3ccccc3)c2)[C@@H](C)C[C@@H]1O. The van der Waals surface area contributed by atoms with E-state index in [4.69, 9.17) is 14.2 Å². The normalized spacial score (nSPS) is 25.0. The number of hydrogen-bond acceptors (Lipinski definition) is 5. The summed E-state index contributed by atoms with van der Waals surface area (Å²) in [7, 11) is 1.29. The van der Waals surface area contributed by atoms with Crippen molar-refractivity contribution in [1.29, 1.82) is 0 Å². The van der Waals surface area contributed by atoms with Gasteiger partial charge >= 0.3 is 5.97 Å². The number of rotatable bonds is 5. The number of carbonyl (C=O) groups is 1. The third-order valence-corrected chi connectivity index (χ3v) is 5.13. The van der Waals surface area contributed by atoms with Gasteiger partial charge in [0.25, 0.3) is 0 Å². The van der Waals surface area contributed by atoms with Crippen molar-refractivity contribution in [1.82, 2.24) is 0 Å². The first kappa shape index (κ1) is 19.9. The molecule has 1 N–H and O–H groups in total. The van der Waals surface area contributed by atoms with Crippen molar-refractivity contribution in [3.63, 3.8) is 0 Å². The summed E-state index contributed by atoms with van der Waals surface area (Å²) in [5.41, 5.74) is 1.97. The minimum atomic E-state index is -0.983. The molecule has 2 aromatic carbocycles. The number of aliphatic hydroxyl groups excluding tert-OH is 1. The summed E-state index contributed by atoms with van der Waals surface area (Å²) in [5.74, 6) is 0.187. The van der Waals surface area contributed by atoms with E-state index in [-0.39, 0.29) is 12.0 Å². The number of carbonyl (C=O) groups excluding carboxylic acids is 1. The van der Waals surface area contributed by atoms with Crippen LogP contribution >= 0.6 is 15.9 Å². The molecule has 0 saturated carbocycles. The van der Waals surface area contributed by atoms with Gasteiger partial charge in [-0.1, -0.05) is 53.2 Å². The minimum Gasteiger partial charge on any atom is -0.489 e. The van der Waals surface area contributed by atoms with Crippen LogP contribution in [0, 0.1) is 5.92 Å². The molecule has 3 rings (SSSR count). The van der Waals surface area contributed by atoms with Gasteiger partial charge in [-0.25, -0.2) is 4.79 Å². The molecule has 27 heavy (non-hydrogen) atoms. The van der Waals surface area contributed by atoms with Crippen LogP contribution in [0.5, 0.6) is 5.75 Å². The monoisotopic (exact) mass is 434 g/mol. The van der Waals surface area contributed by atoms with Crippen LogP contribution in [-0.4, -0.2) is 30.4 Å². The molecule has 1 aliphatic rings. The second-order valence-corrected chi connectivity index (χ2v) is 7.69. The summed E-state index contributed by atoms with van der Waals surface area (Å²) in [6, 6.07) is 15.7. The van der Waals surface area contributed by atoms with Gasteiger partial charge in [-0.15, -0.1) is 0 Å². The number of benzene rings is 2. The van der Waals surface area contributed by atoms with E-state index in [2.05, 4.69) is 15.9 Å². The second-order valence-electron chi connectivity index (χ2n) is 6.78. The van der Waals surface area contributed by atoms with Gasteiger partial charge in [0.05, 0.1) is 19.3 Å². The van der Waals surface area contributed by atoms with E-state index < -0.39 is 18.2 Å². The van der Waals surface area contributed by atoms with Crippen LogP contribution in [0.4, 0.5) is 0 Å². The van der Waals surface area contributed by atoms with Crippen molar-refractivity contribution in [2.24, 2.45) is 5.92 Å². The summed E-state index contributed by atoms with van der Waals surface area (Å²) in [4.78, 5) is 11.9. The van der Waals surface area contributed by atoms with Crippen LogP contribution in [0.15, 0.2) is 53.0 Å². The Morgan fingerprint density at radius 3 is 2.70 bits per heavy atom. The summed E-state index contributed by atoms with van der Waals surface area (Å²) in [6.07, 6.45) is -1.74. The predicted octanol–water partition coefficient (Wildman–Crippen LogP) is 4.03. The summed E-state index contributed by atoms with van der Waals surface area (Å²) < 4.78 is 17.5. The van der Waals surface area contributed by atoms with Crippen LogP contribution in [0.1, 0.15) is 30.6 Å². The lowest BCUT2D eigenvalue weighted by atomic mass is 9.87. The molecule has 4 atom stereocenters. The molecule has 0 spiro atoms. The van der Waals surface area contributed by atoms with E-state index in [1.807, 2.05) is 55.5 Å². The number of esters is 1. The van der Waals surface area contributed by atoms with Crippen LogP contribution < -0.4 is 4.74 Å². The van der Waals surface area contributed by atoms with Crippen molar-refractivity contribution in [3.05, 3.63) is 64.1 Å². The Kier molecular flexibility index (Phi) is 6.52. The van der Waals surface area contributed by atoms with Gasteiger partial charge in [-0.05, 0) is 41.7 Å². The van der Waals surface area contributed by atoms with Gasteiger partial charge in [0.1, 0.15) is 12.4 Å². The summed E-state index contributed by atoms with van der Waals surface area (Å²) in [5, 5.41) is 10.2. The van der Waals surface area contributed by atoms with Crippen LogP contribution in [0.3, 0.4) is 0 Å². The van der Waals surface area contributed by atoms with Crippen LogP contribution in [-0.2, 0) is 20.9 Å². The van der Waals surface area contributed by atoms with E-state index in [0.29, 0.717) is 18.8 Å². The summed E-state index contributed by atoms with van der Waals surface area (Å²) >= 11 is 3.52. The average molecular weight is 435 g/mol. The van der Waals surface area contributed by atoms with Crippen molar-refractivity contribution in [2.75, 3.05) is 7.11 Å². The molecule has 6 heteroatoms. The maximum Gasteiger partial charge on any atom is 0.337 e.